The summed E-state index contributed by atoms with van der Waals surface area (Å²) in [4.78, 5) is 33.4. The number of ether oxygens (including phenoxy) is 3. The van der Waals surface area contributed by atoms with E-state index in [1.165, 1.54) is 23.5 Å². The van der Waals surface area contributed by atoms with Gasteiger partial charge in [-0.3, -0.25) is 14.2 Å². The summed E-state index contributed by atoms with van der Waals surface area (Å²) in [6.07, 6.45) is 1.77. The normalized spacial score (nSPS) is 14.3. The number of carbonyl (C=O) groups is 1. The molecule has 0 saturated heterocycles. The Morgan fingerprint density at radius 3 is 2.38 bits per heavy atom. The van der Waals surface area contributed by atoms with Gasteiger partial charge in [0.1, 0.15) is 18.2 Å². The minimum Gasteiger partial charge on any atom is -0.497 e. The number of amides is 1. The fraction of sp³-hybridized carbons (Fsp3) is 0.184. The Morgan fingerprint density at radius 2 is 1.69 bits per heavy atom. The van der Waals surface area contributed by atoms with Crippen molar-refractivity contribution in [1.82, 2.24) is 4.57 Å². The number of carbonyl (C=O) groups excluding carboxylic acids is 1. The summed E-state index contributed by atoms with van der Waals surface area (Å²) in [5.74, 6) is 1.01. The summed E-state index contributed by atoms with van der Waals surface area (Å²) >= 11 is 1.25. The molecule has 1 aliphatic rings. The molecule has 8 nitrogen and oxygen atoms in total. The zero-order valence-corrected chi connectivity index (χ0v) is 28.0. The van der Waals surface area contributed by atoms with Gasteiger partial charge in [0.15, 0.2) is 16.3 Å². The number of halogens is 1. The molecule has 0 spiro atoms. The van der Waals surface area contributed by atoms with Crippen LogP contribution < -0.4 is 34.4 Å². The highest BCUT2D eigenvalue weighted by Gasteiger charge is 2.32. The van der Waals surface area contributed by atoms with Crippen LogP contribution in [-0.4, -0.2) is 24.7 Å². The Kier molecular flexibility index (Phi) is 9.27. The number of hydrogen-bond acceptors (Lipinski definition) is 7. The lowest BCUT2D eigenvalue weighted by Gasteiger charge is -2.25. The van der Waals surface area contributed by atoms with E-state index in [2.05, 4.69) is 5.32 Å². The van der Waals surface area contributed by atoms with E-state index in [4.69, 9.17) is 19.2 Å². The first-order chi connectivity index (χ1) is 23.1. The third kappa shape index (κ3) is 6.65. The summed E-state index contributed by atoms with van der Waals surface area (Å²) < 4.78 is 32.2. The number of hydrogen-bond donors (Lipinski definition) is 1. The Balaban J connectivity index is 1.38. The van der Waals surface area contributed by atoms with Gasteiger partial charge in [-0.2, -0.15) is 0 Å². The van der Waals surface area contributed by atoms with Crippen molar-refractivity contribution in [2.24, 2.45) is 4.99 Å². The third-order valence-electron chi connectivity index (χ3n) is 8.12. The molecule has 0 saturated carbocycles. The molecule has 4 aromatic carbocycles. The van der Waals surface area contributed by atoms with Crippen molar-refractivity contribution in [2.45, 2.75) is 33.4 Å². The number of nitrogens with zero attached hydrogens (tertiary/aromatic N) is 2. The molecular formula is C38H34FN3O5S. The molecule has 1 aliphatic heterocycles. The molecule has 1 aromatic heterocycles. The standard InChI is InChI=1S/C38H34FN3O5S/c1-22-6-16-30(23(2)18-22)41-36(43)34-24(3)40-38-42(35(34)27-10-14-29(45-4)15-11-27)37(44)33(48-38)20-26-9-17-31(32(19-26)46-5)47-21-25-7-12-28(39)13-8-25/h6-20,35H,21H2,1-5H3,(H,41,43)/b33-20+/t35-/m1/s1. The molecule has 10 heteroatoms. The Bertz CT molecular complexity index is 2220. The highest BCUT2D eigenvalue weighted by molar-refractivity contribution is 7.07. The highest BCUT2D eigenvalue weighted by atomic mass is 32.1. The molecular weight excluding hydrogens is 629 g/mol. The maximum absolute atomic E-state index is 14.2. The first-order valence-corrected chi connectivity index (χ1v) is 16.1. The van der Waals surface area contributed by atoms with Crippen LogP contribution in [0.4, 0.5) is 10.1 Å². The molecule has 48 heavy (non-hydrogen) atoms. The molecule has 0 radical (unpaired) electrons. The summed E-state index contributed by atoms with van der Waals surface area (Å²) in [5.41, 5.74) is 5.61. The van der Waals surface area contributed by atoms with E-state index in [0.29, 0.717) is 43.5 Å². The van der Waals surface area contributed by atoms with Crippen LogP contribution in [0.3, 0.4) is 0 Å². The van der Waals surface area contributed by atoms with E-state index >= 15 is 0 Å². The molecule has 1 atom stereocenters. The van der Waals surface area contributed by atoms with Crippen molar-refractivity contribution in [1.29, 1.82) is 0 Å². The first kappa shape index (κ1) is 32.5. The summed E-state index contributed by atoms with van der Waals surface area (Å²) in [7, 11) is 3.13. The Labute approximate surface area is 281 Å². The van der Waals surface area contributed by atoms with Gasteiger partial charge in [0.25, 0.3) is 11.5 Å². The van der Waals surface area contributed by atoms with E-state index in [1.807, 2.05) is 62.4 Å². The van der Waals surface area contributed by atoms with Gasteiger partial charge >= 0.3 is 0 Å². The minimum absolute atomic E-state index is 0.235. The number of fused-ring (bicyclic) bond motifs is 1. The largest absolute Gasteiger partial charge is 0.497 e. The van der Waals surface area contributed by atoms with Crippen LogP contribution in [0.1, 0.15) is 40.8 Å². The van der Waals surface area contributed by atoms with E-state index in [0.717, 1.165) is 27.8 Å². The zero-order valence-electron chi connectivity index (χ0n) is 27.2. The quantitative estimate of drug-likeness (QED) is 0.202. The number of aromatic nitrogens is 1. The zero-order chi connectivity index (χ0) is 33.9. The highest BCUT2D eigenvalue weighted by Crippen LogP contribution is 2.33. The van der Waals surface area contributed by atoms with Crippen molar-refractivity contribution in [2.75, 3.05) is 19.5 Å². The van der Waals surface area contributed by atoms with Crippen molar-refractivity contribution >= 4 is 29.0 Å². The molecule has 5 aromatic rings. The molecule has 0 unspecified atom stereocenters. The molecule has 1 amide bonds. The molecule has 6 rings (SSSR count). The van der Waals surface area contributed by atoms with Crippen LogP contribution in [-0.2, 0) is 11.4 Å². The van der Waals surface area contributed by atoms with Crippen molar-refractivity contribution in [3.63, 3.8) is 0 Å². The fourth-order valence-electron chi connectivity index (χ4n) is 5.64. The number of rotatable bonds is 9. The molecule has 0 bridgehead atoms. The van der Waals surface area contributed by atoms with Gasteiger partial charge in [0.2, 0.25) is 0 Å². The van der Waals surface area contributed by atoms with Crippen molar-refractivity contribution < 1.29 is 23.4 Å². The second kappa shape index (κ2) is 13.7. The SMILES string of the molecule is COc1ccc([C@@H]2C(C(=O)Nc3ccc(C)cc3C)=C(C)N=c3s/c(=C/c4ccc(OCc5ccc(F)cc5)c(OC)c4)c(=O)n32)cc1. The number of aryl methyl sites for hydroxylation is 2. The van der Waals surface area contributed by atoms with Crippen molar-refractivity contribution in [3.8, 4) is 17.2 Å². The minimum atomic E-state index is -0.725. The number of anilines is 1. The summed E-state index contributed by atoms with van der Waals surface area (Å²) in [6, 6.07) is 23.9. The van der Waals surface area contributed by atoms with Crippen LogP contribution in [0.5, 0.6) is 17.2 Å². The summed E-state index contributed by atoms with van der Waals surface area (Å²) in [5, 5.41) is 3.05. The van der Waals surface area contributed by atoms with Crippen LogP contribution in [0.2, 0.25) is 0 Å². The fourth-order valence-corrected chi connectivity index (χ4v) is 6.69. The molecule has 244 valence electrons. The van der Waals surface area contributed by atoms with E-state index in [-0.39, 0.29) is 23.9 Å². The third-order valence-corrected chi connectivity index (χ3v) is 9.10. The average molecular weight is 664 g/mol. The van der Waals surface area contributed by atoms with E-state index in [9.17, 15) is 14.0 Å². The predicted octanol–water partition coefficient (Wildman–Crippen LogP) is 6.23. The number of thiazole rings is 1. The average Bonchev–Trinajstić information content (AvgIpc) is 3.38. The van der Waals surface area contributed by atoms with Crippen LogP contribution in [0, 0.1) is 19.7 Å². The number of nitrogens with one attached hydrogen (secondary N) is 1. The second-order valence-electron chi connectivity index (χ2n) is 11.5. The van der Waals surface area contributed by atoms with E-state index < -0.39 is 6.04 Å². The van der Waals surface area contributed by atoms with Gasteiger partial charge in [0, 0.05) is 5.69 Å². The molecule has 2 heterocycles. The van der Waals surface area contributed by atoms with E-state index in [1.54, 1.807) is 56.1 Å². The Hall–Kier alpha value is -5.48. The number of methoxy groups -OCH3 is 2. The van der Waals surface area contributed by atoms with Gasteiger partial charge in [-0.1, -0.05) is 59.4 Å². The lowest BCUT2D eigenvalue weighted by molar-refractivity contribution is -0.113. The maximum atomic E-state index is 14.2. The monoisotopic (exact) mass is 663 g/mol. The lowest BCUT2D eigenvalue weighted by atomic mass is 9.95. The maximum Gasteiger partial charge on any atom is 0.271 e. The predicted molar refractivity (Wildman–Crippen MR) is 185 cm³/mol. The Morgan fingerprint density at radius 1 is 0.938 bits per heavy atom. The lowest BCUT2D eigenvalue weighted by Crippen LogP contribution is -2.40. The van der Waals surface area contributed by atoms with Gasteiger partial charge < -0.3 is 19.5 Å². The van der Waals surface area contributed by atoms with Gasteiger partial charge in [-0.25, -0.2) is 9.38 Å². The number of benzene rings is 4. The van der Waals surface area contributed by atoms with Gasteiger partial charge in [0.05, 0.1) is 36.1 Å². The molecule has 1 N–H and O–H groups in total. The van der Waals surface area contributed by atoms with Crippen molar-refractivity contribution in [3.05, 3.63) is 150 Å². The number of allylic oxidation sites excluding steroid dienone is 1. The topological polar surface area (TPSA) is 91.2 Å². The smallest absolute Gasteiger partial charge is 0.271 e. The molecule has 0 fully saturated rings. The first-order valence-electron chi connectivity index (χ1n) is 15.3. The van der Waals surface area contributed by atoms with Gasteiger partial charge in [-0.05, 0) is 91.6 Å². The second-order valence-corrected chi connectivity index (χ2v) is 12.5. The van der Waals surface area contributed by atoms with Crippen LogP contribution in [0.25, 0.3) is 6.08 Å². The van der Waals surface area contributed by atoms with Crippen LogP contribution in [0.15, 0.2) is 106 Å². The molecule has 0 aliphatic carbocycles. The van der Waals surface area contributed by atoms with Gasteiger partial charge in [-0.15, -0.1) is 0 Å². The van der Waals surface area contributed by atoms with Crippen LogP contribution >= 0.6 is 11.3 Å². The summed E-state index contributed by atoms with van der Waals surface area (Å²) in [6.45, 7) is 5.97.